The summed E-state index contributed by atoms with van der Waals surface area (Å²) in [6, 6.07) is 10.6. The van der Waals surface area contributed by atoms with E-state index in [2.05, 4.69) is 10.5 Å². The van der Waals surface area contributed by atoms with E-state index in [4.69, 9.17) is 14.6 Å². The second kappa shape index (κ2) is 9.93. The lowest BCUT2D eigenvalue weighted by atomic mass is 10.2. The molecular formula is C19H20IN3O5. The molecule has 0 radical (unpaired) electrons. The monoisotopic (exact) mass is 497 g/mol. The summed E-state index contributed by atoms with van der Waals surface area (Å²) < 4.78 is 11.2. The molecule has 2 aromatic rings. The molecule has 8 nitrogen and oxygen atoms in total. The van der Waals surface area contributed by atoms with Gasteiger partial charge in [-0.3, -0.25) is 4.79 Å². The summed E-state index contributed by atoms with van der Waals surface area (Å²) in [5, 5.41) is 12.7. The third kappa shape index (κ3) is 5.84. The molecule has 0 heterocycles. The van der Waals surface area contributed by atoms with Crippen molar-refractivity contribution in [2.24, 2.45) is 5.10 Å². The number of rotatable bonds is 8. The summed E-state index contributed by atoms with van der Waals surface area (Å²) in [6.45, 7) is -0.470. The maximum absolute atomic E-state index is 12.3. The maximum atomic E-state index is 12.3. The highest BCUT2D eigenvalue weighted by Crippen LogP contribution is 2.33. The number of carbonyl (C=O) groups is 2. The average Bonchev–Trinajstić information content (AvgIpc) is 2.66. The van der Waals surface area contributed by atoms with Crippen molar-refractivity contribution in [3.63, 3.8) is 0 Å². The molecule has 0 saturated carbocycles. The molecular weight excluding hydrogens is 477 g/mol. The Morgan fingerprint density at radius 2 is 2.04 bits per heavy atom. The molecule has 2 aromatic carbocycles. The molecule has 0 aliphatic heterocycles. The van der Waals surface area contributed by atoms with Crippen LogP contribution < -0.4 is 19.8 Å². The predicted molar refractivity (Wildman–Crippen MR) is 115 cm³/mol. The van der Waals surface area contributed by atoms with Gasteiger partial charge in [0.05, 0.1) is 16.9 Å². The Kier molecular flexibility index (Phi) is 7.61. The van der Waals surface area contributed by atoms with Crippen LogP contribution in [0.2, 0.25) is 0 Å². The Balaban J connectivity index is 2.11. The fourth-order valence-corrected chi connectivity index (χ4v) is 3.02. The standard InChI is InChI=1S/C19H20IN3O5/c1-23(2)14-6-4-5-13(9-14)19(26)22-21-10-12-7-15(20)18(16(8-12)27-3)28-11-17(24)25/h4-10H,11H2,1-3H3,(H,22,26)(H,24,25)/b21-10-. The molecule has 0 spiro atoms. The first-order valence-corrected chi connectivity index (χ1v) is 9.22. The molecule has 9 heteroatoms. The largest absolute Gasteiger partial charge is 0.493 e. The first-order valence-electron chi connectivity index (χ1n) is 8.14. The highest BCUT2D eigenvalue weighted by molar-refractivity contribution is 14.1. The number of aliphatic carboxylic acids is 1. The highest BCUT2D eigenvalue weighted by Gasteiger charge is 2.13. The number of hydrazone groups is 1. The van der Waals surface area contributed by atoms with Crippen molar-refractivity contribution < 1.29 is 24.2 Å². The molecule has 148 valence electrons. The van der Waals surface area contributed by atoms with E-state index < -0.39 is 12.6 Å². The van der Waals surface area contributed by atoms with Crippen LogP contribution in [0.3, 0.4) is 0 Å². The van der Waals surface area contributed by atoms with Gasteiger partial charge < -0.3 is 19.5 Å². The zero-order chi connectivity index (χ0) is 20.7. The zero-order valence-corrected chi connectivity index (χ0v) is 17.8. The van der Waals surface area contributed by atoms with Crippen LogP contribution in [0.5, 0.6) is 11.5 Å². The summed E-state index contributed by atoms with van der Waals surface area (Å²) in [7, 11) is 5.25. The fourth-order valence-electron chi connectivity index (χ4n) is 2.24. The Hall–Kier alpha value is -2.82. The van der Waals surface area contributed by atoms with Crippen molar-refractivity contribution in [3.8, 4) is 11.5 Å². The molecule has 2 N–H and O–H groups in total. The van der Waals surface area contributed by atoms with Crippen molar-refractivity contribution >= 4 is 46.4 Å². The lowest BCUT2D eigenvalue weighted by Crippen LogP contribution is -2.18. The van der Waals surface area contributed by atoms with E-state index in [9.17, 15) is 9.59 Å². The van der Waals surface area contributed by atoms with Gasteiger partial charge in [0.1, 0.15) is 0 Å². The number of amides is 1. The quantitative estimate of drug-likeness (QED) is 0.331. The lowest BCUT2D eigenvalue weighted by molar-refractivity contribution is -0.139. The minimum absolute atomic E-state index is 0.331. The van der Waals surface area contributed by atoms with E-state index in [0.29, 0.717) is 26.2 Å². The summed E-state index contributed by atoms with van der Waals surface area (Å²) >= 11 is 2.01. The average molecular weight is 497 g/mol. The number of hydrogen-bond donors (Lipinski definition) is 2. The molecule has 0 saturated heterocycles. The number of anilines is 1. The predicted octanol–water partition coefficient (Wildman–Crippen LogP) is 2.59. The molecule has 0 unspecified atom stereocenters. The van der Waals surface area contributed by atoms with E-state index >= 15 is 0 Å². The first kappa shape index (κ1) is 21.5. The summed E-state index contributed by atoms with van der Waals surface area (Å²) in [6.07, 6.45) is 1.47. The van der Waals surface area contributed by atoms with E-state index in [1.165, 1.54) is 13.3 Å². The molecule has 28 heavy (non-hydrogen) atoms. The van der Waals surface area contributed by atoms with Crippen molar-refractivity contribution in [1.29, 1.82) is 0 Å². The molecule has 0 bridgehead atoms. The molecule has 2 rings (SSSR count). The SMILES string of the molecule is COc1cc(/C=N\NC(=O)c2cccc(N(C)C)c2)cc(I)c1OCC(=O)O. The number of carbonyl (C=O) groups excluding carboxylic acids is 1. The van der Waals surface area contributed by atoms with Gasteiger partial charge in [0.25, 0.3) is 5.91 Å². The van der Waals surface area contributed by atoms with Crippen molar-refractivity contribution in [2.75, 3.05) is 32.7 Å². The van der Waals surface area contributed by atoms with Crippen molar-refractivity contribution in [1.82, 2.24) is 5.43 Å². The normalized spacial score (nSPS) is 10.6. The lowest BCUT2D eigenvalue weighted by Gasteiger charge is -2.13. The minimum Gasteiger partial charge on any atom is -0.493 e. The third-order valence-corrected chi connectivity index (χ3v) is 4.40. The maximum Gasteiger partial charge on any atom is 0.341 e. The Morgan fingerprint density at radius 1 is 1.29 bits per heavy atom. The van der Waals surface area contributed by atoms with Crippen molar-refractivity contribution in [2.45, 2.75) is 0 Å². The number of benzene rings is 2. The number of nitrogens with one attached hydrogen (secondary N) is 1. The first-order chi connectivity index (χ1) is 13.3. The van der Waals surface area contributed by atoms with Gasteiger partial charge >= 0.3 is 5.97 Å². The number of hydrogen-bond acceptors (Lipinski definition) is 6. The molecule has 1 amide bonds. The van der Waals surface area contributed by atoms with Gasteiger partial charge in [-0.05, 0) is 58.5 Å². The number of nitrogens with zero attached hydrogens (tertiary/aromatic N) is 2. The van der Waals surface area contributed by atoms with E-state index in [-0.39, 0.29) is 5.91 Å². The van der Waals surface area contributed by atoms with Gasteiger partial charge in [-0.15, -0.1) is 0 Å². The van der Waals surface area contributed by atoms with Gasteiger partial charge in [0.15, 0.2) is 18.1 Å². The smallest absolute Gasteiger partial charge is 0.341 e. The van der Waals surface area contributed by atoms with E-state index in [1.807, 2.05) is 47.7 Å². The van der Waals surface area contributed by atoms with Gasteiger partial charge in [-0.1, -0.05) is 6.07 Å². The van der Waals surface area contributed by atoms with Crippen LogP contribution in [0.15, 0.2) is 41.5 Å². The summed E-state index contributed by atoms with van der Waals surface area (Å²) in [5.41, 5.74) is 4.55. The molecule has 0 aromatic heterocycles. The summed E-state index contributed by atoms with van der Waals surface area (Å²) in [4.78, 5) is 24.9. The second-order valence-electron chi connectivity index (χ2n) is 5.86. The van der Waals surface area contributed by atoms with Gasteiger partial charge in [-0.25, -0.2) is 10.2 Å². The summed E-state index contributed by atoms with van der Waals surface area (Å²) in [5.74, 6) is -0.695. The number of carboxylic acids is 1. The van der Waals surface area contributed by atoms with Gasteiger partial charge in [-0.2, -0.15) is 5.10 Å². The second-order valence-corrected chi connectivity index (χ2v) is 7.02. The van der Waals surface area contributed by atoms with E-state index in [0.717, 1.165) is 5.69 Å². The fraction of sp³-hybridized carbons (Fsp3) is 0.211. The highest BCUT2D eigenvalue weighted by atomic mass is 127. The zero-order valence-electron chi connectivity index (χ0n) is 15.6. The van der Waals surface area contributed by atoms with Crippen LogP contribution >= 0.6 is 22.6 Å². The van der Waals surface area contributed by atoms with Crippen LogP contribution in [-0.4, -0.2) is 51.0 Å². The Labute approximate surface area is 176 Å². The van der Waals surface area contributed by atoms with Crippen LogP contribution in [0, 0.1) is 3.57 Å². The third-order valence-electron chi connectivity index (χ3n) is 3.60. The number of carboxylic acid groups (broad SMARTS) is 1. The number of methoxy groups -OCH3 is 1. The molecule has 0 aliphatic carbocycles. The van der Waals surface area contributed by atoms with Gasteiger partial charge in [0.2, 0.25) is 0 Å². The van der Waals surface area contributed by atoms with E-state index in [1.54, 1.807) is 30.3 Å². The topological polar surface area (TPSA) is 100 Å². The van der Waals surface area contributed by atoms with Gasteiger partial charge in [0, 0.05) is 25.3 Å². The molecule has 0 aliphatic rings. The number of halogens is 1. The Bertz CT molecular complexity index is 899. The molecule has 0 fully saturated rings. The van der Waals surface area contributed by atoms with Crippen LogP contribution in [0.25, 0.3) is 0 Å². The van der Waals surface area contributed by atoms with Crippen LogP contribution in [-0.2, 0) is 4.79 Å². The Morgan fingerprint density at radius 3 is 2.68 bits per heavy atom. The van der Waals surface area contributed by atoms with Crippen LogP contribution in [0.1, 0.15) is 15.9 Å². The molecule has 0 atom stereocenters. The minimum atomic E-state index is -1.08. The van der Waals surface area contributed by atoms with Crippen molar-refractivity contribution in [3.05, 3.63) is 51.1 Å². The number of ether oxygens (including phenoxy) is 2. The van der Waals surface area contributed by atoms with Crippen LogP contribution in [0.4, 0.5) is 5.69 Å².